The Morgan fingerprint density at radius 2 is 1.68 bits per heavy atom. The highest BCUT2D eigenvalue weighted by Gasteiger charge is 2.26. The van der Waals surface area contributed by atoms with Crippen molar-refractivity contribution in [2.75, 3.05) is 0 Å². The smallest absolute Gasteiger partial charge is 0.129 e. The predicted molar refractivity (Wildman–Crippen MR) is 90.3 cm³/mol. The molecule has 0 aromatic heterocycles. The SMILES string of the molecule is CC(C)(C)N/N=C1/C[C@H](c2ccccc2)Oc2ccccc21. The lowest BCUT2D eigenvalue weighted by molar-refractivity contribution is 0.206. The van der Waals surface area contributed by atoms with Gasteiger partial charge >= 0.3 is 0 Å². The summed E-state index contributed by atoms with van der Waals surface area (Å²) in [5.41, 5.74) is 6.49. The molecule has 1 aliphatic rings. The van der Waals surface area contributed by atoms with Crippen molar-refractivity contribution in [1.29, 1.82) is 0 Å². The van der Waals surface area contributed by atoms with Crippen LogP contribution in [0.5, 0.6) is 5.75 Å². The summed E-state index contributed by atoms with van der Waals surface area (Å²) in [6.45, 7) is 6.32. The summed E-state index contributed by atoms with van der Waals surface area (Å²) >= 11 is 0. The van der Waals surface area contributed by atoms with Crippen molar-refractivity contribution < 1.29 is 4.74 Å². The number of hydrazone groups is 1. The second-order valence-corrected chi connectivity index (χ2v) is 6.64. The molecule has 2 aromatic carbocycles. The van der Waals surface area contributed by atoms with Crippen molar-refractivity contribution in [3.05, 3.63) is 65.7 Å². The van der Waals surface area contributed by atoms with Gasteiger partial charge in [0.2, 0.25) is 0 Å². The summed E-state index contributed by atoms with van der Waals surface area (Å²) in [7, 11) is 0. The zero-order chi connectivity index (χ0) is 15.6. The summed E-state index contributed by atoms with van der Waals surface area (Å²) in [4.78, 5) is 0. The highest BCUT2D eigenvalue weighted by molar-refractivity contribution is 6.04. The molecular formula is C19H22N2O. The van der Waals surface area contributed by atoms with Crippen LogP contribution in [0.2, 0.25) is 0 Å². The quantitative estimate of drug-likeness (QED) is 0.838. The van der Waals surface area contributed by atoms with Crippen LogP contribution in [0.15, 0.2) is 59.7 Å². The van der Waals surface area contributed by atoms with Crippen LogP contribution < -0.4 is 10.2 Å². The molecule has 114 valence electrons. The summed E-state index contributed by atoms with van der Waals surface area (Å²) in [5, 5.41) is 4.66. The largest absolute Gasteiger partial charge is 0.485 e. The number of ether oxygens (including phenoxy) is 1. The predicted octanol–water partition coefficient (Wildman–Crippen LogP) is 4.30. The summed E-state index contributed by atoms with van der Waals surface area (Å²) < 4.78 is 6.17. The number of hydrogen-bond acceptors (Lipinski definition) is 3. The first-order chi connectivity index (χ1) is 10.5. The van der Waals surface area contributed by atoms with E-state index in [1.807, 2.05) is 36.4 Å². The molecule has 0 bridgehead atoms. The molecule has 0 spiro atoms. The van der Waals surface area contributed by atoms with Gasteiger partial charge in [-0.25, -0.2) is 0 Å². The van der Waals surface area contributed by atoms with Crippen molar-refractivity contribution in [1.82, 2.24) is 5.43 Å². The van der Waals surface area contributed by atoms with E-state index in [-0.39, 0.29) is 11.6 Å². The Balaban J connectivity index is 1.95. The molecule has 3 heteroatoms. The van der Waals surface area contributed by atoms with Gasteiger partial charge in [-0.2, -0.15) is 5.10 Å². The van der Waals surface area contributed by atoms with Crippen molar-refractivity contribution in [3.63, 3.8) is 0 Å². The Hall–Kier alpha value is -2.29. The third-order valence-corrected chi connectivity index (χ3v) is 3.54. The molecule has 0 radical (unpaired) electrons. The lowest BCUT2D eigenvalue weighted by Crippen LogP contribution is -2.33. The third-order valence-electron chi connectivity index (χ3n) is 3.54. The van der Waals surface area contributed by atoms with Crippen molar-refractivity contribution in [2.45, 2.75) is 38.8 Å². The Labute approximate surface area is 132 Å². The van der Waals surface area contributed by atoms with Gasteiger partial charge in [-0.15, -0.1) is 0 Å². The topological polar surface area (TPSA) is 33.6 Å². The molecule has 1 atom stereocenters. The molecule has 0 saturated carbocycles. The van der Waals surface area contributed by atoms with E-state index in [0.29, 0.717) is 0 Å². The van der Waals surface area contributed by atoms with E-state index in [4.69, 9.17) is 4.74 Å². The Morgan fingerprint density at radius 3 is 2.41 bits per heavy atom. The Morgan fingerprint density at radius 1 is 1.00 bits per heavy atom. The van der Waals surface area contributed by atoms with Gasteiger partial charge in [0.1, 0.15) is 11.9 Å². The van der Waals surface area contributed by atoms with Crippen LogP contribution in [0.3, 0.4) is 0 Å². The van der Waals surface area contributed by atoms with Crippen molar-refractivity contribution in [3.8, 4) is 5.75 Å². The second kappa shape index (κ2) is 5.84. The normalized spacial score (nSPS) is 19.4. The number of nitrogens with one attached hydrogen (secondary N) is 1. The van der Waals surface area contributed by atoms with Crippen LogP contribution >= 0.6 is 0 Å². The number of hydrogen-bond donors (Lipinski definition) is 1. The lowest BCUT2D eigenvalue weighted by Gasteiger charge is -2.28. The molecule has 0 amide bonds. The van der Waals surface area contributed by atoms with Crippen molar-refractivity contribution >= 4 is 5.71 Å². The molecule has 3 nitrogen and oxygen atoms in total. The number of rotatable bonds is 2. The van der Waals surface area contributed by atoms with Crippen LogP contribution in [-0.4, -0.2) is 11.3 Å². The summed E-state index contributed by atoms with van der Waals surface area (Å²) in [6.07, 6.45) is 0.779. The number of fused-ring (bicyclic) bond motifs is 1. The van der Waals surface area contributed by atoms with Crippen molar-refractivity contribution in [2.24, 2.45) is 5.10 Å². The van der Waals surface area contributed by atoms with Gasteiger partial charge < -0.3 is 10.2 Å². The maximum Gasteiger partial charge on any atom is 0.129 e. The fourth-order valence-corrected chi connectivity index (χ4v) is 2.48. The van der Waals surface area contributed by atoms with Gasteiger partial charge in [0.15, 0.2) is 0 Å². The van der Waals surface area contributed by atoms with Crippen LogP contribution in [0.1, 0.15) is 44.4 Å². The standard InChI is InChI=1S/C19H22N2O/c1-19(2,3)21-20-16-13-18(14-9-5-4-6-10-14)22-17-12-8-7-11-15(16)17/h4-12,18,21H,13H2,1-3H3/b20-16-/t18-/m1/s1. The molecule has 0 unspecified atom stereocenters. The maximum atomic E-state index is 6.17. The molecule has 1 aliphatic heterocycles. The average Bonchev–Trinajstić information content (AvgIpc) is 2.52. The molecule has 1 heterocycles. The van der Waals surface area contributed by atoms with Gasteiger partial charge in [-0.3, -0.25) is 0 Å². The minimum absolute atomic E-state index is 0.0108. The van der Waals surface area contributed by atoms with Gasteiger partial charge in [-0.05, 0) is 38.5 Å². The lowest BCUT2D eigenvalue weighted by atomic mass is 9.95. The molecule has 0 fully saturated rings. The van der Waals surface area contributed by atoms with E-state index in [0.717, 1.165) is 23.4 Å². The highest BCUT2D eigenvalue weighted by Crippen LogP contribution is 2.34. The van der Waals surface area contributed by atoms with E-state index in [1.165, 1.54) is 5.56 Å². The number of nitrogens with zero attached hydrogens (tertiary/aromatic N) is 1. The third kappa shape index (κ3) is 3.30. The minimum Gasteiger partial charge on any atom is -0.485 e. The maximum absolute atomic E-state index is 6.17. The Bertz CT molecular complexity index is 671. The van der Waals surface area contributed by atoms with Gasteiger partial charge in [0.25, 0.3) is 0 Å². The average molecular weight is 294 g/mol. The monoisotopic (exact) mass is 294 g/mol. The molecule has 22 heavy (non-hydrogen) atoms. The van der Waals surface area contributed by atoms with E-state index in [1.54, 1.807) is 0 Å². The van der Waals surface area contributed by atoms with Gasteiger partial charge in [0, 0.05) is 17.5 Å². The van der Waals surface area contributed by atoms with Crippen LogP contribution in [-0.2, 0) is 0 Å². The molecule has 1 N–H and O–H groups in total. The second-order valence-electron chi connectivity index (χ2n) is 6.64. The summed E-state index contributed by atoms with van der Waals surface area (Å²) in [5.74, 6) is 0.900. The van der Waals surface area contributed by atoms with Crippen LogP contribution in [0, 0.1) is 0 Å². The first-order valence-corrected chi connectivity index (χ1v) is 7.68. The first-order valence-electron chi connectivity index (χ1n) is 7.68. The zero-order valence-electron chi connectivity index (χ0n) is 13.3. The highest BCUT2D eigenvalue weighted by atomic mass is 16.5. The minimum atomic E-state index is -0.0531. The number of benzene rings is 2. The molecular weight excluding hydrogens is 272 g/mol. The molecule has 2 aromatic rings. The zero-order valence-corrected chi connectivity index (χ0v) is 13.3. The Kier molecular flexibility index (Phi) is 3.88. The first kappa shape index (κ1) is 14.6. The van der Waals surface area contributed by atoms with Gasteiger partial charge in [-0.1, -0.05) is 42.5 Å². The molecule has 3 rings (SSSR count). The number of para-hydroxylation sites is 1. The van der Waals surface area contributed by atoms with Crippen LogP contribution in [0.4, 0.5) is 0 Å². The van der Waals surface area contributed by atoms with E-state index < -0.39 is 0 Å². The van der Waals surface area contributed by atoms with E-state index in [2.05, 4.69) is 49.5 Å². The van der Waals surface area contributed by atoms with E-state index in [9.17, 15) is 0 Å². The summed E-state index contributed by atoms with van der Waals surface area (Å²) in [6, 6.07) is 18.4. The molecule has 0 aliphatic carbocycles. The van der Waals surface area contributed by atoms with E-state index >= 15 is 0 Å². The fraction of sp³-hybridized carbons (Fsp3) is 0.316. The fourth-order valence-electron chi connectivity index (χ4n) is 2.48. The van der Waals surface area contributed by atoms with Gasteiger partial charge in [0.05, 0.1) is 5.71 Å². The van der Waals surface area contributed by atoms with Crippen LogP contribution in [0.25, 0.3) is 0 Å². The molecule has 0 saturated heterocycles.